The number of methoxy groups -OCH3 is 1. The first-order valence-corrected chi connectivity index (χ1v) is 5.09. The highest BCUT2D eigenvalue weighted by Crippen LogP contribution is 2.23. The third kappa shape index (κ3) is 2.48. The fraction of sp³-hybridized carbons (Fsp3) is 0.500. The van der Waals surface area contributed by atoms with Gasteiger partial charge in [-0.2, -0.15) is 0 Å². The molecule has 0 aliphatic heterocycles. The number of rotatable bonds is 4. The molecule has 2 N–H and O–H groups in total. The number of hydrogen-bond acceptors (Lipinski definition) is 2. The van der Waals surface area contributed by atoms with E-state index < -0.39 is 0 Å². The van der Waals surface area contributed by atoms with Gasteiger partial charge in [-0.1, -0.05) is 19.4 Å². The Bertz CT molecular complexity index is 296. The van der Waals surface area contributed by atoms with Gasteiger partial charge < -0.3 is 10.5 Å². The zero-order valence-corrected chi connectivity index (χ0v) is 9.21. The molecule has 78 valence electrons. The van der Waals surface area contributed by atoms with E-state index in [2.05, 4.69) is 19.9 Å². The van der Waals surface area contributed by atoms with E-state index in [4.69, 9.17) is 10.5 Å². The van der Waals surface area contributed by atoms with E-state index in [1.54, 1.807) is 7.11 Å². The molecule has 0 saturated heterocycles. The van der Waals surface area contributed by atoms with Crippen molar-refractivity contribution < 1.29 is 4.74 Å². The van der Waals surface area contributed by atoms with Gasteiger partial charge >= 0.3 is 0 Å². The third-order valence-electron chi connectivity index (χ3n) is 2.48. The standard InChI is InChI=1S/C12H19NO/c1-4-5-12(13)11-7-6-10(14-3)8-9(11)2/h6-8,12H,4-5,13H2,1-3H3/t12-/m0/s1. The van der Waals surface area contributed by atoms with E-state index in [-0.39, 0.29) is 6.04 Å². The minimum atomic E-state index is 0.158. The summed E-state index contributed by atoms with van der Waals surface area (Å²) in [6.45, 7) is 4.23. The molecule has 0 unspecified atom stereocenters. The lowest BCUT2D eigenvalue weighted by atomic mass is 9.98. The lowest BCUT2D eigenvalue weighted by Gasteiger charge is -2.14. The first-order chi connectivity index (χ1) is 6.69. The van der Waals surface area contributed by atoms with E-state index >= 15 is 0 Å². The van der Waals surface area contributed by atoms with Gasteiger partial charge in [0.15, 0.2) is 0 Å². The largest absolute Gasteiger partial charge is 0.497 e. The summed E-state index contributed by atoms with van der Waals surface area (Å²) < 4.78 is 5.15. The number of ether oxygens (including phenoxy) is 1. The van der Waals surface area contributed by atoms with E-state index in [9.17, 15) is 0 Å². The average molecular weight is 193 g/mol. The minimum absolute atomic E-state index is 0.158. The van der Waals surface area contributed by atoms with Gasteiger partial charge in [0.2, 0.25) is 0 Å². The molecule has 0 bridgehead atoms. The molecule has 0 heterocycles. The van der Waals surface area contributed by atoms with Crippen LogP contribution >= 0.6 is 0 Å². The third-order valence-corrected chi connectivity index (χ3v) is 2.48. The second kappa shape index (κ2) is 5.01. The van der Waals surface area contributed by atoms with Crippen LogP contribution in [0.25, 0.3) is 0 Å². The van der Waals surface area contributed by atoms with Crippen LogP contribution in [-0.4, -0.2) is 7.11 Å². The minimum Gasteiger partial charge on any atom is -0.497 e. The zero-order chi connectivity index (χ0) is 10.6. The second-order valence-corrected chi connectivity index (χ2v) is 3.62. The van der Waals surface area contributed by atoms with Gasteiger partial charge in [0.25, 0.3) is 0 Å². The predicted molar refractivity (Wildman–Crippen MR) is 59.6 cm³/mol. The Kier molecular flexibility index (Phi) is 3.96. The van der Waals surface area contributed by atoms with Gasteiger partial charge in [-0.15, -0.1) is 0 Å². The van der Waals surface area contributed by atoms with Crippen LogP contribution in [-0.2, 0) is 0 Å². The topological polar surface area (TPSA) is 35.2 Å². The fourth-order valence-corrected chi connectivity index (χ4v) is 1.66. The van der Waals surface area contributed by atoms with E-state index in [1.807, 2.05) is 12.1 Å². The molecule has 1 aromatic rings. The van der Waals surface area contributed by atoms with E-state index in [0.717, 1.165) is 18.6 Å². The van der Waals surface area contributed by atoms with Crippen molar-refractivity contribution in [2.75, 3.05) is 7.11 Å². The van der Waals surface area contributed by atoms with Crippen LogP contribution in [0.4, 0.5) is 0 Å². The molecule has 0 aliphatic carbocycles. The van der Waals surface area contributed by atoms with Crippen molar-refractivity contribution in [3.63, 3.8) is 0 Å². The van der Waals surface area contributed by atoms with Crippen molar-refractivity contribution in [3.8, 4) is 5.75 Å². The highest BCUT2D eigenvalue weighted by atomic mass is 16.5. The molecule has 0 fully saturated rings. The van der Waals surface area contributed by atoms with Gasteiger partial charge in [0.05, 0.1) is 7.11 Å². The molecule has 0 amide bonds. The summed E-state index contributed by atoms with van der Waals surface area (Å²) in [5, 5.41) is 0. The number of aryl methyl sites for hydroxylation is 1. The molecular formula is C12H19NO. The smallest absolute Gasteiger partial charge is 0.119 e. The normalized spacial score (nSPS) is 12.6. The quantitative estimate of drug-likeness (QED) is 0.798. The Balaban J connectivity index is 2.88. The Morgan fingerprint density at radius 2 is 2.14 bits per heavy atom. The molecule has 14 heavy (non-hydrogen) atoms. The molecule has 0 spiro atoms. The lowest BCUT2D eigenvalue weighted by Crippen LogP contribution is -2.11. The molecule has 0 aliphatic rings. The number of hydrogen-bond donors (Lipinski definition) is 1. The number of benzene rings is 1. The fourth-order valence-electron chi connectivity index (χ4n) is 1.66. The maximum absolute atomic E-state index is 6.06. The maximum Gasteiger partial charge on any atom is 0.119 e. The van der Waals surface area contributed by atoms with Crippen LogP contribution in [0, 0.1) is 6.92 Å². The van der Waals surface area contributed by atoms with Gasteiger partial charge in [-0.3, -0.25) is 0 Å². The van der Waals surface area contributed by atoms with Gasteiger partial charge in [-0.05, 0) is 36.6 Å². The summed E-state index contributed by atoms with van der Waals surface area (Å²) in [6, 6.07) is 6.22. The van der Waals surface area contributed by atoms with Crippen molar-refractivity contribution in [1.29, 1.82) is 0 Å². The molecule has 2 heteroatoms. The lowest BCUT2D eigenvalue weighted by molar-refractivity contribution is 0.414. The van der Waals surface area contributed by atoms with Crippen LogP contribution in [0.2, 0.25) is 0 Å². The van der Waals surface area contributed by atoms with Crippen LogP contribution in [0.3, 0.4) is 0 Å². The molecule has 0 aromatic heterocycles. The maximum atomic E-state index is 6.06. The van der Waals surface area contributed by atoms with Crippen molar-refractivity contribution >= 4 is 0 Å². The van der Waals surface area contributed by atoms with Crippen LogP contribution in [0.15, 0.2) is 18.2 Å². The summed E-state index contributed by atoms with van der Waals surface area (Å²) in [4.78, 5) is 0. The highest BCUT2D eigenvalue weighted by molar-refractivity contribution is 5.36. The average Bonchev–Trinajstić information content (AvgIpc) is 2.17. The molecule has 1 rings (SSSR count). The van der Waals surface area contributed by atoms with Gasteiger partial charge in [0, 0.05) is 6.04 Å². The summed E-state index contributed by atoms with van der Waals surface area (Å²) in [5.74, 6) is 0.898. The summed E-state index contributed by atoms with van der Waals surface area (Å²) >= 11 is 0. The Labute approximate surface area is 86.1 Å². The first kappa shape index (κ1) is 11.1. The summed E-state index contributed by atoms with van der Waals surface area (Å²) in [7, 11) is 1.68. The van der Waals surface area contributed by atoms with Crippen LogP contribution in [0.1, 0.15) is 36.9 Å². The van der Waals surface area contributed by atoms with Gasteiger partial charge in [0.1, 0.15) is 5.75 Å². The predicted octanol–water partition coefficient (Wildman–Crippen LogP) is 2.80. The van der Waals surface area contributed by atoms with E-state index in [0.29, 0.717) is 0 Å². The molecule has 2 nitrogen and oxygen atoms in total. The van der Waals surface area contributed by atoms with Crippen molar-refractivity contribution in [1.82, 2.24) is 0 Å². The Morgan fingerprint density at radius 3 is 2.64 bits per heavy atom. The first-order valence-electron chi connectivity index (χ1n) is 5.09. The highest BCUT2D eigenvalue weighted by Gasteiger charge is 2.08. The Hall–Kier alpha value is -1.02. The van der Waals surface area contributed by atoms with Crippen LogP contribution < -0.4 is 10.5 Å². The number of nitrogens with two attached hydrogens (primary N) is 1. The molecule has 1 aromatic carbocycles. The van der Waals surface area contributed by atoms with Crippen LogP contribution in [0.5, 0.6) is 5.75 Å². The summed E-state index contributed by atoms with van der Waals surface area (Å²) in [6.07, 6.45) is 2.15. The van der Waals surface area contributed by atoms with Gasteiger partial charge in [-0.25, -0.2) is 0 Å². The molecule has 1 atom stereocenters. The van der Waals surface area contributed by atoms with Crippen molar-refractivity contribution in [2.45, 2.75) is 32.7 Å². The zero-order valence-electron chi connectivity index (χ0n) is 9.21. The molecule has 0 saturated carbocycles. The molecular weight excluding hydrogens is 174 g/mol. The van der Waals surface area contributed by atoms with E-state index in [1.165, 1.54) is 11.1 Å². The SMILES string of the molecule is CCC[C@H](N)c1ccc(OC)cc1C. The summed E-state index contributed by atoms with van der Waals surface area (Å²) in [5.41, 5.74) is 8.50. The second-order valence-electron chi connectivity index (χ2n) is 3.62. The van der Waals surface area contributed by atoms with Crippen molar-refractivity contribution in [3.05, 3.63) is 29.3 Å². The Morgan fingerprint density at radius 1 is 1.43 bits per heavy atom. The molecule has 0 radical (unpaired) electrons. The monoisotopic (exact) mass is 193 g/mol. The van der Waals surface area contributed by atoms with Crippen molar-refractivity contribution in [2.24, 2.45) is 5.73 Å².